The molecule has 1 fully saturated rings. The fourth-order valence-electron chi connectivity index (χ4n) is 1.93. The fourth-order valence-corrected chi connectivity index (χ4v) is 1.93. The summed E-state index contributed by atoms with van der Waals surface area (Å²) in [6.45, 7) is 0.207. The fraction of sp³-hybridized carbons (Fsp3) is 0.583. The molecular formula is C12H14F4N2. The van der Waals surface area contributed by atoms with Crippen LogP contribution in [-0.4, -0.2) is 17.2 Å². The Bertz CT molecular complexity index is 409. The average Bonchev–Trinajstić information content (AvgIpc) is 3.04. The van der Waals surface area contributed by atoms with Crippen LogP contribution in [0.5, 0.6) is 0 Å². The van der Waals surface area contributed by atoms with Gasteiger partial charge in [0.1, 0.15) is 11.4 Å². The maximum Gasteiger partial charge on any atom is 0.433 e. The Morgan fingerprint density at radius 3 is 2.39 bits per heavy atom. The highest BCUT2D eigenvalue weighted by atomic mass is 19.4. The van der Waals surface area contributed by atoms with E-state index in [4.69, 9.17) is 5.73 Å². The standard InChI is InChI=1S/C12H14F4N2/c13-11(3-4-11)5-9(6-17)8-1-2-10(18-7-8)12(14,15)16/h1-2,7,9H,3-6,17H2/t9-/m0/s1. The lowest BCUT2D eigenvalue weighted by Crippen LogP contribution is -2.18. The van der Waals surface area contributed by atoms with E-state index in [1.807, 2.05) is 0 Å². The molecule has 100 valence electrons. The molecule has 0 radical (unpaired) electrons. The van der Waals surface area contributed by atoms with Crippen molar-refractivity contribution in [2.75, 3.05) is 6.54 Å². The van der Waals surface area contributed by atoms with Crippen molar-refractivity contribution in [1.29, 1.82) is 0 Å². The molecule has 1 aromatic rings. The van der Waals surface area contributed by atoms with E-state index in [1.165, 1.54) is 6.07 Å². The van der Waals surface area contributed by atoms with Crippen molar-refractivity contribution >= 4 is 0 Å². The number of pyridine rings is 1. The van der Waals surface area contributed by atoms with E-state index in [2.05, 4.69) is 4.98 Å². The minimum atomic E-state index is -4.45. The van der Waals surface area contributed by atoms with Gasteiger partial charge in [-0.2, -0.15) is 13.2 Å². The number of halogens is 4. The van der Waals surface area contributed by atoms with Crippen molar-refractivity contribution in [2.45, 2.75) is 37.0 Å². The maximum atomic E-state index is 13.6. The van der Waals surface area contributed by atoms with Crippen molar-refractivity contribution in [3.8, 4) is 0 Å². The molecule has 1 aliphatic rings. The normalized spacial score (nSPS) is 19.6. The number of rotatable bonds is 4. The second kappa shape index (κ2) is 4.50. The van der Waals surface area contributed by atoms with E-state index in [9.17, 15) is 17.6 Å². The molecule has 1 aromatic heterocycles. The number of hydrogen-bond acceptors (Lipinski definition) is 2. The van der Waals surface area contributed by atoms with Gasteiger partial charge in [0.25, 0.3) is 0 Å². The van der Waals surface area contributed by atoms with Crippen LogP contribution in [0.15, 0.2) is 18.3 Å². The van der Waals surface area contributed by atoms with Crippen molar-refractivity contribution in [3.63, 3.8) is 0 Å². The van der Waals surface area contributed by atoms with E-state index >= 15 is 0 Å². The highest BCUT2D eigenvalue weighted by Crippen LogP contribution is 2.46. The summed E-state index contributed by atoms with van der Waals surface area (Å²) in [6.07, 6.45) is -2.02. The van der Waals surface area contributed by atoms with Crippen LogP contribution in [0, 0.1) is 0 Å². The summed E-state index contributed by atoms with van der Waals surface area (Å²) in [5.41, 5.74) is 4.00. The van der Waals surface area contributed by atoms with Crippen LogP contribution in [0.4, 0.5) is 17.6 Å². The van der Waals surface area contributed by atoms with Crippen LogP contribution in [0.1, 0.15) is 36.4 Å². The first kappa shape index (κ1) is 13.3. The number of aromatic nitrogens is 1. The van der Waals surface area contributed by atoms with E-state index < -0.39 is 17.5 Å². The molecule has 2 N–H and O–H groups in total. The summed E-state index contributed by atoms with van der Waals surface area (Å²) in [5.74, 6) is -0.271. The Morgan fingerprint density at radius 2 is 2.00 bits per heavy atom. The van der Waals surface area contributed by atoms with E-state index in [-0.39, 0.29) is 18.9 Å². The van der Waals surface area contributed by atoms with Gasteiger partial charge in [0.15, 0.2) is 0 Å². The molecule has 1 heterocycles. The third-order valence-electron chi connectivity index (χ3n) is 3.24. The number of nitrogens with zero attached hydrogens (tertiary/aromatic N) is 1. The third-order valence-corrected chi connectivity index (χ3v) is 3.24. The lowest BCUT2D eigenvalue weighted by Gasteiger charge is -2.17. The summed E-state index contributed by atoms with van der Waals surface area (Å²) in [4.78, 5) is 3.37. The molecule has 0 unspecified atom stereocenters. The quantitative estimate of drug-likeness (QED) is 0.847. The van der Waals surface area contributed by atoms with Gasteiger partial charge >= 0.3 is 6.18 Å². The van der Waals surface area contributed by atoms with Gasteiger partial charge in [-0.25, -0.2) is 4.39 Å². The van der Waals surface area contributed by atoms with Crippen molar-refractivity contribution in [3.05, 3.63) is 29.6 Å². The lowest BCUT2D eigenvalue weighted by atomic mass is 9.94. The molecule has 0 spiro atoms. The smallest absolute Gasteiger partial charge is 0.330 e. The van der Waals surface area contributed by atoms with E-state index in [0.717, 1.165) is 12.3 Å². The molecule has 0 saturated heterocycles. The Hall–Kier alpha value is -1.17. The number of alkyl halides is 4. The maximum absolute atomic E-state index is 13.6. The van der Waals surface area contributed by atoms with Crippen molar-refractivity contribution in [1.82, 2.24) is 4.98 Å². The average molecular weight is 262 g/mol. The van der Waals surface area contributed by atoms with Crippen molar-refractivity contribution < 1.29 is 17.6 Å². The molecule has 0 bridgehead atoms. The lowest BCUT2D eigenvalue weighted by molar-refractivity contribution is -0.141. The molecule has 1 saturated carbocycles. The van der Waals surface area contributed by atoms with Gasteiger partial charge in [0.2, 0.25) is 0 Å². The topological polar surface area (TPSA) is 38.9 Å². The zero-order chi connectivity index (χ0) is 13.4. The van der Waals surface area contributed by atoms with Gasteiger partial charge in [0.05, 0.1) is 0 Å². The number of hydrogen-bond donors (Lipinski definition) is 1. The Kier molecular flexibility index (Phi) is 3.31. The molecule has 0 aliphatic heterocycles. The van der Waals surface area contributed by atoms with Gasteiger partial charge in [-0.1, -0.05) is 6.07 Å². The molecule has 2 rings (SSSR count). The molecular weight excluding hydrogens is 248 g/mol. The first-order valence-corrected chi connectivity index (χ1v) is 5.76. The number of nitrogens with two attached hydrogens (primary N) is 1. The van der Waals surface area contributed by atoms with Crippen LogP contribution in [0.3, 0.4) is 0 Å². The monoisotopic (exact) mass is 262 g/mol. The highest BCUT2D eigenvalue weighted by Gasteiger charge is 2.44. The van der Waals surface area contributed by atoms with Crippen LogP contribution in [0.25, 0.3) is 0 Å². The van der Waals surface area contributed by atoms with E-state index in [1.54, 1.807) is 0 Å². The van der Waals surface area contributed by atoms with Gasteiger partial charge < -0.3 is 5.73 Å². The zero-order valence-electron chi connectivity index (χ0n) is 9.67. The Morgan fingerprint density at radius 1 is 1.33 bits per heavy atom. The predicted octanol–water partition coefficient (Wildman–Crippen LogP) is 3.03. The molecule has 6 heteroatoms. The summed E-state index contributed by atoms with van der Waals surface area (Å²) in [5, 5.41) is 0. The molecule has 0 amide bonds. The molecule has 1 atom stereocenters. The Labute approximate surface area is 102 Å². The SMILES string of the molecule is NC[C@H](CC1(F)CC1)c1ccc(C(F)(F)F)nc1. The Balaban J connectivity index is 2.12. The van der Waals surface area contributed by atoms with Gasteiger partial charge in [-0.3, -0.25) is 4.98 Å². The first-order valence-electron chi connectivity index (χ1n) is 5.76. The van der Waals surface area contributed by atoms with Crippen LogP contribution in [0.2, 0.25) is 0 Å². The summed E-state index contributed by atoms with van der Waals surface area (Å²) in [6, 6.07) is 2.24. The minimum absolute atomic E-state index is 0.207. The van der Waals surface area contributed by atoms with Gasteiger partial charge in [-0.05, 0) is 37.4 Å². The highest BCUT2D eigenvalue weighted by molar-refractivity contribution is 5.21. The van der Waals surface area contributed by atoms with Gasteiger partial charge in [0, 0.05) is 12.1 Å². The summed E-state index contributed by atoms with van der Waals surface area (Å²) < 4.78 is 50.6. The van der Waals surface area contributed by atoms with Gasteiger partial charge in [-0.15, -0.1) is 0 Å². The minimum Gasteiger partial charge on any atom is -0.330 e. The van der Waals surface area contributed by atoms with E-state index in [0.29, 0.717) is 18.4 Å². The predicted molar refractivity (Wildman–Crippen MR) is 58.7 cm³/mol. The summed E-state index contributed by atoms with van der Waals surface area (Å²) in [7, 11) is 0. The molecule has 1 aliphatic carbocycles. The van der Waals surface area contributed by atoms with Crippen LogP contribution >= 0.6 is 0 Å². The van der Waals surface area contributed by atoms with Crippen LogP contribution in [-0.2, 0) is 6.18 Å². The molecule has 18 heavy (non-hydrogen) atoms. The zero-order valence-corrected chi connectivity index (χ0v) is 9.67. The third kappa shape index (κ3) is 2.98. The molecule has 0 aromatic carbocycles. The first-order chi connectivity index (χ1) is 8.34. The van der Waals surface area contributed by atoms with Crippen LogP contribution < -0.4 is 5.73 Å². The second-order valence-electron chi connectivity index (χ2n) is 4.76. The van der Waals surface area contributed by atoms with Crippen molar-refractivity contribution in [2.24, 2.45) is 5.73 Å². The largest absolute Gasteiger partial charge is 0.433 e. The second-order valence-corrected chi connectivity index (χ2v) is 4.76. The molecule has 2 nitrogen and oxygen atoms in total. The summed E-state index contributed by atoms with van der Waals surface area (Å²) >= 11 is 0.